The molecule has 0 saturated heterocycles. The molecule has 0 aliphatic heterocycles. The first-order valence-electron chi connectivity index (χ1n) is 9.10. The van der Waals surface area contributed by atoms with Gasteiger partial charge in [0.15, 0.2) is 0 Å². The zero-order chi connectivity index (χ0) is 16.2. The second-order valence-electron chi connectivity index (χ2n) is 5.82. The predicted octanol–water partition coefficient (Wildman–Crippen LogP) is 5.88. The van der Waals surface area contributed by atoms with Gasteiger partial charge in [-0.15, -0.1) is 0 Å². The Morgan fingerprint density at radius 1 is 0.714 bits per heavy atom. The molecule has 21 heavy (non-hydrogen) atoms. The molecule has 0 aliphatic rings. The van der Waals surface area contributed by atoms with Crippen molar-refractivity contribution >= 4 is 28.5 Å². The first kappa shape index (κ1) is 23.5. The average Bonchev–Trinajstić information content (AvgIpc) is 2.46. The van der Waals surface area contributed by atoms with Gasteiger partial charge in [0, 0.05) is 6.42 Å². The summed E-state index contributed by atoms with van der Waals surface area (Å²) >= 11 is 1.45. The van der Waals surface area contributed by atoms with Crippen LogP contribution in [0.4, 0.5) is 0 Å². The summed E-state index contributed by atoms with van der Waals surface area (Å²) in [7, 11) is 0. The normalized spacial score (nSPS) is 10.0. The van der Waals surface area contributed by atoms with Gasteiger partial charge in [0.25, 0.3) is 0 Å². The van der Waals surface area contributed by atoms with E-state index in [9.17, 15) is 4.79 Å². The molecule has 0 spiro atoms. The van der Waals surface area contributed by atoms with Gasteiger partial charge in [0.2, 0.25) is 0 Å². The molecule has 126 valence electrons. The molecule has 0 unspecified atom stereocenters. The van der Waals surface area contributed by atoms with Crippen molar-refractivity contribution in [2.24, 2.45) is 0 Å². The van der Waals surface area contributed by atoms with Gasteiger partial charge < -0.3 is 5.11 Å². The number of rotatable bonds is 14. The third-order valence-corrected chi connectivity index (χ3v) is 4.72. The molecule has 0 aromatic carbocycles. The number of carbonyl (C=O) groups is 1. The van der Waals surface area contributed by atoms with Crippen LogP contribution in [0.3, 0.4) is 0 Å². The van der Waals surface area contributed by atoms with Crippen molar-refractivity contribution in [2.45, 2.75) is 108 Å². The first-order chi connectivity index (χ1) is 10.2. The molecule has 0 aromatic rings. The molecule has 0 amide bonds. The minimum atomic E-state index is -0.657. The van der Waals surface area contributed by atoms with E-state index in [1.165, 1.54) is 97.6 Å². The molecule has 0 aliphatic carbocycles. The molecule has 3 heteroatoms. The van der Waals surface area contributed by atoms with Crippen LogP contribution < -0.4 is 0 Å². The van der Waals surface area contributed by atoms with Crippen LogP contribution >= 0.6 is 0 Å². The maximum absolute atomic E-state index is 10.3. The van der Waals surface area contributed by atoms with E-state index in [4.69, 9.17) is 5.11 Å². The molecule has 1 N–H and O–H groups in total. The van der Waals surface area contributed by atoms with Crippen LogP contribution in [-0.2, 0) is 4.79 Å². The van der Waals surface area contributed by atoms with E-state index in [1.807, 2.05) is 0 Å². The van der Waals surface area contributed by atoms with Crippen molar-refractivity contribution in [1.29, 1.82) is 0 Å². The van der Waals surface area contributed by atoms with Crippen molar-refractivity contribution < 1.29 is 9.90 Å². The molecule has 0 rings (SSSR count). The number of aliphatic carboxylic acids is 1. The number of carboxylic acids is 1. The SMILES string of the molecule is CCCCCCCCCCCCCC(=O)O.CCC[CH2][SnH]. The zero-order valence-corrected chi connectivity index (χ0v) is 17.8. The number of hydrogen-bond donors (Lipinski definition) is 1. The minimum absolute atomic E-state index is 0.344. The van der Waals surface area contributed by atoms with E-state index in [0.29, 0.717) is 6.42 Å². The molecule has 0 bridgehead atoms. The molecule has 0 heterocycles. The van der Waals surface area contributed by atoms with Crippen LogP contribution in [0.1, 0.15) is 104 Å². The topological polar surface area (TPSA) is 37.3 Å². The van der Waals surface area contributed by atoms with E-state index in [-0.39, 0.29) is 0 Å². The Morgan fingerprint density at radius 3 is 1.38 bits per heavy atom. The molecule has 0 fully saturated rings. The van der Waals surface area contributed by atoms with Crippen LogP contribution in [0.5, 0.6) is 0 Å². The van der Waals surface area contributed by atoms with Gasteiger partial charge in [-0.3, -0.25) is 4.79 Å². The van der Waals surface area contributed by atoms with E-state index in [1.54, 1.807) is 0 Å². The third-order valence-electron chi connectivity index (χ3n) is 3.55. The maximum atomic E-state index is 10.3. The number of hydrogen-bond acceptors (Lipinski definition) is 1. The van der Waals surface area contributed by atoms with Gasteiger partial charge in [-0.2, -0.15) is 0 Å². The standard InChI is InChI=1S/C14H28O2.C4H9.Sn.H/c1-2-3-4-5-6-7-8-9-10-11-12-13-14(15)16;1-3-4-2;;/h2-13H2,1H3,(H,15,16);1,3-4H2,2H3;;. The summed E-state index contributed by atoms with van der Waals surface area (Å²) in [5.41, 5.74) is 0. The zero-order valence-electron chi connectivity index (χ0n) is 14.5. The summed E-state index contributed by atoms with van der Waals surface area (Å²) in [4.78, 5) is 10.3. The van der Waals surface area contributed by atoms with Gasteiger partial charge in [-0.05, 0) is 6.42 Å². The second kappa shape index (κ2) is 22.5. The summed E-state index contributed by atoms with van der Waals surface area (Å²) in [5.74, 6) is -0.657. The van der Waals surface area contributed by atoms with Crippen LogP contribution in [0.15, 0.2) is 0 Å². The van der Waals surface area contributed by atoms with Crippen molar-refractivity contribution in [2.75, 3.05) is 0 Å². The third kappa shape index (κ3) is 29.0. The second-order valence-corrected chi connectivity index (χ2v) is 7.47. The van der Waals surface area contributed by atoms with Crippen LogP contribution in [0.25, 0.3) is 0 Å². The Labute approximate surface area is 146 Å². The van der Waals surface area contributed by atoms with Gasteiger partial charge in [-0.25, -0.2) is 0 Å². The Kier molecular flexibility index (Phi) is 25.3. The molecular weight excluding hydrogens is 367 g/mol. The van der Waals surface area contributed by atoms with Crippen LogP contribution in [0.2, 0.25) is 4.44 Å². The summed E-state index contributed by atoms with van der Waals surface area (Å²) in [5, 5.41) is 8.46. The monoisotopic (exact) mass is 406 g/mol. The van der Waals surface area contributed by atoms with Crippen LogP contribution in [0, 0.1) is 0 Å². The summed E-state index contributed by atoms with van der Waals surface area (Å²) in [6.07, 6.45) is 17.2. The van der Waals surface area contributed by atoms with Gasteiger partial charge in [0.05, 0.1) is 0 Å². The summed E-state index contributed by atoms with van der Waals surface area (Å²) in [6.45, 7) is 4.48. The molecule has 0 atom stereocenters. The molecule has 0 saturated carbocycles. The van der Waals surface area contributed by atoms with Crippen molar-refractivity contribution in [3.63, 3.8) is 0 Å². The first-order valence-corrected chi connectivity index (χ1v) is 11.4. The number of unbranched alkanes of at least 4 members (excludes halogenated alkanes) is 11. The van der Waals surface area contributed by atoms with E-state index >= 15 is 0 Å². The fraction of sp³-hybridized carbons (Fsp3) is 0.944. The van der Waals surface area contributed by atoms with Gasteiger partial charge in [0.1, 0.15) is 0 Å². The van der Waals surface area contributed by atoms with Crippen LogP contribution in [-0.4, -0.2) is 33.6 Å². The Morgan fingerprint density at radius 2 is 1.10 bits per heavy atom. The Hall–Kier alpha value is 0.269. The fourth-order valence-electron chi connectivity index (χ4n) is 2.14. The molecular formula is C18H38O2Sn. The van der Waals surface area contributed by atoms with E-state index in [0.717, 1.165) is 12.8 Å². The molecule has 2 nitrogen and oxygen atoms in total. The summed E-state index contributed by atoms with van der Waals surface area (Å²) in [6, 6.07) is 0. The predicted molar refractivity (Wildman–Crippen MR) is 95.6 cm³/mol. The van der Waals surface area contributed by atoms with Gasteiger partial charge >= 0.3 is 52.7 Å². The molecule has 0 aromatic heterocycles. The Balaban J connectivity index is 0. The van der Waals surface area contributed by atoms with Crippen molar-refractivity contribution in [1.82, 2.24) is 0 Å². The van der Waals surface area contributed by atoms with E-state index < -0.39 is 5.97 Å². The van der Waals surface area contributed by atoms with E-state index in [2.05, 4.69) is 13.8 Å². The van der Waals surface area contributed by atoms with Crippen molar-refractivity contribution in [3.05, 3.63) is 0 Å². The van der Waals surface area contributed by atoms with Crippen molar-refractivity contribution in [3.8, 4) is 0 Å². The quantitative estimate of drug-likeness (QED) is 0.290. The molecule has 2 radical (unpaired) electrons. The summed E-state index contributed by atoms with van der Waals surface area (Å²) < 4.78 is 1.47. The Bertz CT molecular complexity index is 194. The fourth-order valence-corrected chi connectivity index (χ4v) is 3.31. The van der Waals surface area contributed by atoms with Gasteiger partial charge in [-0.1, -0.05) is 71.1 Å². The number of carboxylic acid groups (broad SMARTS) is 1. The average molecular weight is 405 g/mol.